The lowest BCUT2D eigenvalue weighted by Crippen LogP contribution is -2.38. The van der Waals surface area contributed by atoms with Gasteiger partial charge in [0, 0.05) is 25.4 Å². The maximum Gasteiger partial charge on any atom is 0.228 e. The Kier molecular flexibility index (Phi) is 8.43. The first kappa shape index (κ1) is 20.9. The van der Waals surface area contributed by atoms with Gasteiger partial charge in [0.1, 0.15) is 0 Å². The maximum absolute atomic E-state index is 12.9. The number of likely N-dealkylation sites (tertiary alicyclic amines) is 1. The van der Waals surface area contributed by atoms with Gasteiger partial charge in [-0.2, -0.15) is 11.8 Å². The molecule has 1 N–H and O–H groups in total. The second-order valence-electron chi connectivity index (χ2n) is 7.75. The van der Waals surface area contributed by atoms with Crippen LogP contribution >= 0.6 is 11.8 Å². The Labute approximate surface area is 173 Å². The van der Waals surface area contributed by atoms with Crippen molar-refractivity contribution in [1.29, 1.82) is 0 Å². The molecule has 1 fully saturated rings. The SMILES string of the molecule is CSC[C@@H](C(=O)NC[C@@H]1CCCCN(Cc2ccccc2)C1)c1ccccc1. The molecule has 2 atom stereocenters. The van der Waals surface area contributed by atoms with Crippen LogP contribution in [0.1, 0.15) is 36.3 Å². The molecule has 4 heteroatoms. The van der Waals surface area contributed by atoms with Crippen molar-refractivity contribution < 1.29 is 4.79 Å². The summed E-state index contributed by atoms with van der Waals surface area (Å²) in [6, 6.07) is 20.9. The molecule has 2 aromatic rings. The van der Waals surface area contributed by atoms with E-state index in [-0.39, 0.29) is 11.8 Å². The second kappa shape index (κ2) is 11.3. The van der Waals surface area contributed by atoms with Gasteiger partial charge in [0.2, 0.25) is 5.91 Å². The zero-order chi connectivity index (χ0) is 19.6. The fourth-order valence-corrected chi connectivity index (χ4v) is 4.69. The Morgan fingerprint density at radius 1 is 1.11 bits per heavy atom. The van der Waals surface area contributed by atoms with Crippen LogP contribution in [0.3, 0.4) is 0 Å². The minimum atomic E-state index is -0.0672. The summed E-state index contributed by atoms with van der Waals surface area (Å²) in [4.78, 5) is 15.4. The third-order valence-electron chi connectivity index (χ3n) is 5.52. The molecule has 0 unspecified atom stereocenters. The number of rotatable bonds is 8. The summed E-state index contributed by atoms with van der Waals surface area (Å²) in [6.45, 7) is 4.00. The summed E-state index contributed by atoms with van der Waals surface area (Å²) in [7, 11) is 0. The Morgan fingerprint density at radius 3 is 2.54 bits per heavy atom. The topological polar surface area (TPSA) is 32.3 Å². The highest BCUT2D eigenvalue weighted by Gasteiger charge is 2.23. The van der Waals surface area contributed by atoms with Gasteiger partial charge in [0.05, 0.1) is 5.92 Å². The van der Waals surface area contributed by atoms with Gasteiger partial charge in [-0.15, -0.1) is 0 Å². The van der Waals surface area contributed by atoms with E-state index in [0.717, 1.165) is 37.5 Å². The van der Waals surface area contributed by atoms with E-state index in [4.69, 9.17) is 0 Å². The van der Waals surface area contributed by atoms with Crippen molar-refractivity contribution in [2.45, 2.75) is 31.7 Å². The van der Waals surface area contributed by atoms with Gasteiger partial charge in [-0.05, 0) is 42.7 Å². The lowest BCUT2D eigenvalue weighted by molar-refractivity contribution is -0.122. The van der Waals surface area contributed by atoms with Crippen LogP contribution in [-0.4, -0.2) is 42.4 Å². The lowest BCUT2D eigenvalue weighted by atomic mass is 9.99. The van der Waals surface area contributed by atoms with Crippen molar-refractivity contribution in [1.82, 2.24) is 10.2 Å². The third kappa shape index (κ3) is 6.39. The Balaban J connectivity index is 1.55. The Hall–Kier alpha value is -1.78. The van der Waals surface area contributed by atoms with Crippen molar-refractivity contribution in [3.63, 3.8) is 0 Å². The molecule has 0 bridgehead atoms. The summed E-state index contributed by atoms with van der Waals surface area (Å²) in [5.41, 5.74) is 2.48. The smallest absolute Gasteiger partial charge is 0.228 e. The largest absolute Gasteiger partial charge is 0.355 e. The van der Waals surface area contributed by atoms with E-state index in [2.05, 4.69) is 58.9 Å². The van der Waals surface area contributed by atoms with E-state index in [1.807, 2.05) is 18.2 Å². The summed E-state index contributed by atoms with van der Waals surface area (Å²) in [5.74, 6) is 1.45. The number of amides is 1. The van der Waals surface area contributed by atoms with Crippen LogP contribution < -0.4 is 5.32 Å². The zero-order valence-electron chi connectivity index (χ0n) is 16.8. The fourth-order valence-electron chi connectivity index (χ4n) is 4.01. The number of benzene rings is 2. The molecule has 1 aliphatic rings. The van der Waals surface area contributed by atoms with Crippen molar-refractivity contribution in [2.75, 3.05) is 31.6 Å². The van der Waals surface area contributed by atoms with Crippen LogP contribution in [-0.2, 0) is 11.3 Å². The van der Waals surface area contributed by atoms with Crippen molar-refractivity contribution in [3.8, 4) is 0 Å². The molecular formula is C24H32N2OS. The molecule has 150 valence electrons. The van der Waals surface area contributed by atoms with Crippen LogP contribution in [0.4, 0.5) is 0 Å². The Bertz CT molecular complexity index is 707. The van der Waals surface area contributed by atoms with Crippen molar-refractivity contribution in [3.05, 3.63) is 71.8 Å². The number of carbonyl (C=O) groups excluding carboxylic acids is 1. The van der Waals surface area contributed by atoms with Gasteiger partial charge in [-0.3, -0.25) is 9.69 Å². The number of hydrogen-bond acceptors (Lipinski definition) is 3. The molecule has 2 aromatic carbocycles. The number of nitrogens with zero attached hydrogens (tertiary/aromatic N) is 1. The lowest BCUT2D eigenvalue weighted by Gasteiger charge is -2.25. The van der Waals surface area contributed by atoms with Crippen molar-refractivity contribution >= 4 is 17.7 Å². The van der Waals surface area contributed by atoms with Gasteiger partial charge < -0.3 is 5.32 Å². The van der Waals surface area contributed by atoms with E-state index in [0.29, 0.717) is 5.92 Å². The molecule has 0 aromatic heterocycles. The van der Waals surface area contributed by atoms with Gasteiger partial charge in [0.25, 0.3) is 0 Å². The van der Waals surface area contributed by atoms with Gasteiger partial charge in [0.15, 0.2) is 0 Å². The molecule has 0 saturated carbocycles. The minimum Gasteiger partial charge on any atom is -0.355 e. The van der Waals surface area contributed by atoms with E-state index in [9.17, 15) is 4.79 Å². The first-order valence-corrected chi connectivity index (χ1v) is 11.7. The average molecular weight is 397 g/mol. The summed E-state index contributed by atoms with van der Waals surface area (Å²) in [6.07, 6.45) is 5.76. The first-order valence-electron chi connectivity index (χ1n) is 10.3. The molecule has 1 amide bonds. The van der Waals surface area contributed by atoms with E-state index < -0.39 is 0 Å². The second-order valence-corrected chi connectivity index (χ2v) is 8.66. The first-order chi connectivity index (χ1) is 13.8. The highest BCUT2D eigenvalue weighted by molar-refractivity contribution is 7.98. The predicted molar refractivity (Wildman–Crippen MR) is 120 cm³/mol. The predicted octanol–water partition coefficient (Wildman–Crippen LogP) is 4.55. The zero-order valence-corrected chi connectivity index (χ0v) is 17.7. The standard InChI is InChI=1S/C24H32N2OS/c1-28-19-23(22-13-6-3-7-14-22)24(27)25-16-21-12-8-9-15-26(18-21)17-20-10-4-2-5-11-20/h2-7,10-11,13-14,21,23H,8-9,12,15-19H2,1H3,(H,25,27)/t21-,23+/m0/s1. The quantitative estimate of drug-likeness (QED) is 0.710. The van der Waals surface area contributed by atoms with Crippen LogP contribution in [0.5, 0.6) is 0 Å². The van der Waals surface area contributed by atoms with E-state index in [1.165, 1.54) is 24.8 Å². The van der Waals surface area contributed by atoms with Gasteiger partial charge >= 0.3 is 0 Å². The number of nitrogens with one attached hydrogen (secondary N) is 1. The third-order valence-corrected chi connectivity index (χ3v) is 6.19. The summed E-state index contributed by atoms with van der Waals surface area (Å²) < 4.78 is 0. The molecule has 0 spiro atoms. The van der Waals surface area contributed by atoms with Gasteiger partial charge in [-0.1, -0.05) is 67.1 Å². The molecule has 1 aliphatic heterocycles. The van der Waals surface area contributed by atoms with Crippen LogP contribution in [0, 0.1) is 5.92 Å². The normalized spacial score (nSPS) is 19.0. The summed E-state index contributed by atoms with van der Waals surface area (Å²) in [5, 5.41) is 3.27. The van der Waals surface area contributed by atoms with E-state index in [1.54, 1.807) is 11.8 Å². The Morgan fingerprint density at radius 2 is 1.82 bits per heavy atom. The highest BCUT2D eigenvalue weighted by atomic mass is 32.2. The van der Waals surface area contributed by atoms with Crippen LogP contribution in [0.2, 0.25) is 0 Å². The average Bonchev–Trinajstić information content (AvgIpc) is 2.96. The van der Waals surface area contributed by atoms with Crippen LogP contribution in [0.25, 0.3) is 0 Å². The van der Waals surface area contributed by atoms with Gasteiger partial charge in [-0.25, -0.2) is 0 Å². The maximum atomic E-state index is 12.9. The number of thioether (sulfide) groups is 1. The molecule has 3 rings (SSSR count). The number of carbonyl (C=O) groups is 1. The molecule has 3 nitrogen and oxygen atoms in total. The molecule has 1 heterocycles. The molecule has 28 heavy (non-hydrogen) atoms. The molecule has 0 aliphatic carbocycles. The molecule has 0 radical (unpaired) electrons. The summed E-state index contributed by atoms with van der Waals surface area (Å²) >= 11 is 1.73. The monoisotopic (exact) mass is 396 g/mol. The van der Waals surface area contributed by atoms with Crippen molar-refractivity contribution in [2.24, 2.45) is 5.92 Å². The highest BCUT2D eigenvalue weighted by Crippen LogP contribution is 2.21. The molecular weight excluding hydrogens is 364 g/mol. The fraction of sp³-hybridized carbons (Fsp3) is 0.458. The van der Waals surface area contributed by atoms with Crippen LogP contribution in [0.15, 0.2) is 60.7 Å². The molecule has 1 saturated heterocycles. The number of hydrogen-bond donors (Lipinski definition) is 1. The minimum absolute atomic E-state index is 0.0672. The van der Waals surface area contributed by atoms with E-state index >= 15 is 0 Å².